The molecule has 22 heavy (non-hydrogen) atoms. The highest BCUT2D eigenvalue weighted by Gasteiger charge is 2.38. The third kappa shape index (κ3) is 2.58. The summed E-state index contributed by atoms with van der Waals surface area (Å²) < 4.78 is 6.37. The summed E-state index contributed by atoms with van der Waals surface area (Å²) in [5, 5.41) is 11.5. The van der Waals surface area contributed by atoms with E-state index in [0.29, 0.717) is 16.3 Å². The Kier molecular flexibility index (Phi) is 4.08. The fourth-order valence-electron chi connectivity index (χ4n) is 2.38. The second kappa shape index (κ2) is 5.88. The first-order valence-corrected chi connectivity index (χ1v) is 8.09. The molecule has 3 nitrogen and oxygen atoms in total. The average molecular weight is 334 g/mol. The van der Waals surface area contributed by atoms with Crippen molar-refractivity contribution in [3.05, 3.63) is 59.1 Å². The van der Waals surface area contributed by atoms with Crippen molar-refractivity contribution in [2.24, 2.45) is 0 Å². The van der Waals surface area contributed by atoms with Crippen molar-refractivity contribution < 1.29 is 9.84 Å². The molecule has 0 saturated heterocycles. The molecule has 1 N–H and O–H groups in total. The number of rotatable bonds is 4. The summed E-state index contributed by atoms with van der Waals surface area (Å²) >= 11 is 8.19. The molecule has 1 aromatic heterocycles. The van der Waals surface area contributed by atoms with Crippen LogP contribution in [0.1, 0.15) is 23.6 Å². The van der Waals surface area contributed by atoms with E-state index in [2.05, 4.69) is 4.98 Å². The van der Waals surface area contributed by atoms with E-state index < -0.39 is 11.0 Å². The molecule has 0 fully saturated rings. The molecule has 0 spiro atoms. The lowest BCUT2D eigenvalue weighted by Gasteiger charge is -2.27. The molecule has 0 saturated carbocycles. The molecule has 1 heterocycles. The second-order valence-electron chi connectivity index (χ2n) is 5.21. The van der Waals surface area contributed by atoms with Gasteiger partial charge in [-0.05, 0) is 25.1 Å². The van der Waals surface area contributed by atoms with E-state index >= 15 is 0 Å². The maximum Gasteiger partial charge on any atom is 0.124 e. The fraction of sp³-hybridized carbons (Fsp3) is 0.235. The highest BCUT2D eigenvalue weighted by Crippen LogP contribution is 2.45. The Labute approximate surface area is 138 Å². The number of hydrogen-bond acceptors (Lipinski definition) is 4. The Bertz CT molecular complexity index is 767. The van der Waals surface area contributed by atoms with Gasteiger partial charge < -0.3 is 9.84 Å². The fourth-order valence-corrected chi connectivity index (χ4v) is 3.69. The lowest BCUT2D eigenvalue weighted by molar-refractivity contribution is 0.129. The topological polar surface area (TPSA) is 42.4 Å². The van der Waals surface area contributed by atoms with Gasteiger partial charge in [0.05, 0.1) is 17.3 Å². The van der Waals surface area contributed by atoms with Crippen LogP contribution >= 0.6 is 22.9 Å². The van der Waals surface area contributed by atoms with Crippen molar-refractivity contribution in [2.75, 3.05) is 7.11 Å². The predicted octanol–water partition coefficient (Wildman–Crippen LogP) is 4.49. The van der Waals surface area contributed by atoms with E-state index in [0.717, 1.165) is 10.2 Å². The van der Waals surface area contributed by atoms with E-state index in [-0.39, 0.29) is 0 Å². The van der Waals surface area contributed by atoms with Crippen LogP contribution in [0.15, 0.2) is 48.5 Å². The van der Waals surface area contributed by atoms with Crippen LogP contribution in [0.2, 0.25) is 0 Å². The van der Waals surface area contributed by atoms with Crippen LogP contribution in [-0.4, -0.2) is 17.2 Å². The van der Waals surface area contributed by atoms with Gasteiger partial charge >= 0.3 is 0 Å². The zero-order valence-corrected chi connectivity index (χ0v) is 13.9. The third-order valence-electron chi connectivity index (χ3n) is 3.66. The molecule has 0 amide bonds. The zero-order valence-electron chi connectivity index (χ0n) is 12.3. The summed E-state index contributed by atoms with van der Waals surface area (Å²) in [5.74, 6) is 0.614. The predicted molar refractivity (Wildman–Crippen MR) is 90.8 cm³/mol. The van der Waals surface area contributed by atoms with Gasteiger partial charge in [-0.25, -0.2) is 4.98 Å². The largest absolute Gasteiger partial charge is 0.496 e. The van der Waals surface area contributed by atoms with Gasteiger partial charge in [-0.2, -0.15) is 0 Å². The first kappa shape index (κ1) is 15.3. The number of aromatic nitrogens is 1. The molecule has 114 valence electrons. The molecule has 3 rings (SSSR count). The number of ether oxygens (including phenoxy) is 1. The van der Waals surface area contributed by atoms with Gasteiger partial charge in [-0.3, -0.25) is 0 Å². The number of aliphatic hydroxyl groups excluding tert-OH is 1. The SMILES string of the molecule is COc1ccccc1[C@@H](O)[C@](C)(Cl)c1nc2ccccc2s1. The van der Waals surface area contributed by atoms with Crippen LogP contribution in [0.3, 0.4) is 0 Å². The highest BCUT2D eigenvalue weighted by molar-refractivity contribution is 7.18. The molecular weight excluding hydrogens is 318 g/mol. The van der Waals surface area contributed by atoms with Gasteiger partial charge in [0.2, 0.25) is 0 Å². The molecule has 0 unspecified atom stereocenters. The van der Waals surface area contributed by atoms with Gasteiger partial charge in [-0.1, -0.05) is 30.3 Å². The number of fused-ring (bicyclic) bond motifs is 1. The molecule has 0 aliphatic carbocycles. The quantitative estimate of drug-likeness (QED) is 0.715. The van der Waals surface area contributed by atoms with Gasteiger partial charge in [0.15, 0.2) is 0 Å². The molecule has 2 atom stereocenters. The maximum absolute atomic E-state index is 10.8. The average Bonchev–Trinajstić information content (AvgIpc) is 2.99. The van der Waals surface area contributed by atoms with Crippen LogP contribution in [0.4, 0.5) is 0 Å². The van der Waals surface area contributed by atoms with E-state index in [1.165, 1.54) is 11.3 Å². The number of methoxy groups -OCH3 is 1. The lowest BCUT2D eigenvalue weighted by Crippen LogP contribution is -2.24. The van der Waals surface area contributed by atoms with Crippen molar-refractivity contribution in [3.63, 3.8) is 0 Å². The number of hydrogen-bond donors (Lipinski definition) is 1. The summed E-state index contributed by atoms with van der Waals surface area (Å²) in [7, 11) is 1.58. The number of para-hydroxylation sites is 2. The molecule has 3 aromatic rings. The molecule has 0 bridgehead atoms. The van der Waals surface area contributed by atoms with Crippen molar-refractivity contribution in [1.82, 2.24) is 4.98 Å². The Morgan fingerprint density at radius 2 is 1.86 bits per heavy atom. The molecular formula is C17H16ClNO2S. The van der Waals surface area contributed by atoms with Crippen molar-refractivity contribution in [2.45, 2.75) is 17.9 Å². The minimum atomic E-state index is -1.03. The zero-order chi connectivity index (χ0) is 15.7. The van der Waals surface area contributed by atoms with E-state index in [1.54, 1.807) is 14.0 Å². The molecule has 0 radical (unpaired) electrons. The molecule has 2 aromatic carbocycles. The normalized spacial score (nSPS) is 15.5. The summed E-state index contributed by atoms with van der Waals surface area (Å²) in [4.78, 5) is 3.54. The van der Waals surface area contributed by atoms with E-state index in [9.17, 15) is 5.11 Å². The highest BCUT2D eigenvalue weighted by atomic mass is 35.5. The molecule has 5 heteroatoms. The summed E-state index contributed by atoms with van der Waals surface area (Å²) in [6.45, 7) is 1.78. The van der Waals surface area contributed by atoms with Crippen molar-refractivity contribution in [3.8, 4) is 5.75 Å². The van der Waals surface area contributed by atoms with E-state index in [4.69, 9.17) is 16.3 Å². The first-order valence-electron chi connectivity index (χ1n) is 6.90. The number of aliphatic hydroxyl groups is 1. The number of halogens is 1. The van der Waals surface area contributed by atoms with Crippen LogP contribution in [0, 0.1) is 0 Å². The Hall–Kier alpha value is -1.62. The van der Waals surface area contributed by atoms with Gasteiger partial charge in [0.25, 0.3) is 0 Å². The molecule has 0 aliphatic heterocycles. The Morgan fingerprint density at radius 1 is 1.18 bits per heavy atom. The lowest BCUT2D eigenvalue weighted by atomic mass is 9.96. The number of benzene rings is 2. The first-order chi connectivity index (χ1) is 10.5. The van der Waals surface area contributed by atoms with Gasteiger partial charge in [-0.15, -0.1) is 22.9 Å². The van der Waals surface area contributed by atoms with Crippen molar-refractivity contribution in [1.29, 1.82) is 0 Å². The van der Waals surface area contributed by atoms with Gasteiger partial charge in [0, 0.05) is 5.56 Å². The third-order valence-corrected chi connectivity index (χ3v) is 5.43. The number of alkyl halides is 1. The minimum Gasteiger partial charge on any atom is -0.496 e. The summed E-state index contributed by atoms with van der Waals surface area (Å²) in [6.07, 6.45) is -0.925. The number of thiazole rings is 1. The standard InChI is InChI=1S/C17H16ClNO2S/c1-17(18,15(20)11-7-3-5-9-13(11)21-2)16-19-12-8-4-6-10-14(12)22-16/h3-10,15,20H,1-2H3/t15-,17+/m1/s1. The summed E-state index contributed by atoms with van der Waals surface area (Å²) in [6, 6.07) is 15.2. The van der Waals surface area contributed by atoms with Crippen LogP contribution < -0.4 is 4.74 Å². The smallest absolute Gasteiger partial charge is 0.124 e. The molecule has 0 aliphatic rings. The Morgan fingerprint density at radius 3 is 2.59 bits per heavy atom. The monoisotopic (exact) mass is 333 g/mol. The Balaban J connectivity index is 2.04. The second-order valence-corrected chi connectivity index (χ2v) is 7.02. The van der Waals surface area contributed by atoms with Gasteiger partial charge in [0.1, 0.15) is 21.7 Å². The van der Waals surface area contributed by atoms with Crippen LogP contribution in [0.25, 0.3) is 10.2 Å². The maximum atomic E-state index is 10.8. The summed E-state index contributed by atoms with van der Waals surface area (Å²) in [5.41, 5.74) is 1.54. The minimum absolute atomic E-state index is 0.614. The number of nitrogens with zero attached hydrogens (tertiary/aromatic N) is 1. The van der Waals surface area contributed by atoms with Crippen molar-refractivity contribution >= 4 is 33.2 Å². The van der Waals surface area contributed by atoms with Crippen LogP contribution in [0.5, 0.6) is 5.75 Å². The van der Waals surface area contributed by atoms with E-state index in [1.807, 2.05) is 48.5 Å². The van der Waals surface area contributed by atoms with Crippen LogP contribution in [-0.2, 0) is 4.87 Å².